The third kappa shape index (κ3) is 2.16. The predicted molar refractivity (Wildman–Crippen MR) is 57.6 cm³/mol. The minimum absolute atomic E-state index is 0.268. The number of thiophene rings is 1. The molecule has 2 nitrogen and oxygen atoms in total. The molecule has 78 valence electrons. The number of aryl methyl sites for hydroxylation is 1. The Bertz CT molecular complexity index is 289. The predicted octanol–water partition coefficient (Wildman–Crippen LogP) is 2.66. The first-order valence-corrected chi connectivity index (χ1v) is 5.99. The fourth-order valence-electron chi connectivity index (χ4n) is 1.95. The number of hydrogen-bond donors (Lipinski definition) is 1. The van der Waals surface area contributed by atoms with Gasteiger partial charge in [0.15, 0.2) is 0 Å². The van der Waals surface area contributed by atoms with Crippen LogP contribution in [0.4, 0.5) is 0 Å². The summed E-state index contributed by atoms with van der Waals surface area (Å²) in [5.74, 6) is 0. The third-order valence-electron chi connectivity index (χ3n) is 2.77. The van der Waals surface area contributed by atoms with E-state index in [2.05, 4.69) is 6.92 Å². The lowest BCUT2D eigenvalue weighted by atomic mass is 10.0. The van der Waals surface area contributed by atoms with Crippen molar-refractivity contribution in [3.8, 4) is 0 Å². The number of rotatable bonds is 3. The lowest BCUT2D eigenvalue weighted by Crippen LogP contribution is -2.11. The van der Waals surface area contributed by atoms with Gasteiger partial charge in [0.1, 0.15) is 0 Å². The van der Waals surface area contributed by atoms with Crippen molar-refractivity contribution < 1.29 is 9.84 Å². The maximum Gasteiger partial charge on any atom is 0.0825 e. The minimum atomic E-state index is -0.343. The molecule has 1 aliphatic heterocycles. The summed E-state index contributed by atoms with van der Waals surface area (Å²) < 4.78 is 5.50. The second-order valence-electron chi connectivity index (χ2n) is 3.82. The zero-order valence-electron chi connectivity index (χ0n) is 8.40. The molecule has 0 spiro atoms. The van der Waals surface area contributed by atoms with E-state index in [-0.39, 0.29) is 12.2 Å². The van der Waals surface area contributed by atoms with Gasteiger partial charge in [-0.1, -0.05) is 0 Å². The van der Waals surface area contributed by atoms with Crippen LogP contribution < -0.4 is 0 Å². The zero-order chi connectivity index (χ0) is 9.97. The van der Waals surface area contributed by atoms with Crippen LogP contribution >= 0.6 is 11.3 Å². The Morgan fingerprint density at radius 2 is 2.57 bits per heavy atom. The van der Waals surface area contributed by atoms with Crippen molar-refractivity contribution in [1.82, 2.24) is 0 Å². The van der Waals surface area contributed by atoms with Crippen LogP contribution in [-0.2, 0) is 4.74 Å². The molecule has 1 aromatic heterocycles. The Kier molecular flexibility index (Phi) is 3.21. The van der Waals surface area contributed by atoms with E-state index in [9.17, 15) is 5.11 Å². The molecule has 0 aliphatic carbocycles. The van der Waals surface area contributed by atoms with E-state index in [0.717, 1.165) is 31.4 Å². The van der Waals surface area contributed by atoms with Gasteiger partial charge in [-0.3, -0.25) is 0 Å². The normalized spacial score (nSPS) is 24.0. The molecule has 1 aromatic rings. The molecule has 3 heteroatoms. The molecule has 1 N–H and O–H groups in total. The number of ether oxygens (including phenoxy) is 1. The Labute approximate surface area is 88.5 Å². The molecule has 0 bridgehead atoms. The second kappa shape index (κ2) is 4.43. The molecule has 2 atom stereocenters. The molecule has 2 unspecified atom stereocenters. The molecule has 14 heavy (non-hydrogen) atoms. The third-order valence-corrected chi connectivity index (χ3v) is 3.63. The number of aliphatic hydroxyl groups is 1. The summed E-state index contributed by atoms with van der Waals surface area (Å²) >= 11 is 1.69. The topological polar surface area (TPSA) is 29.5 Å². The number of hydrogen-bond acceptors (Lipinski definition) is 3. The van der Waals surface area contributed by atoms with Gasteiger partial charge in [0.2, 0.25) is 0 Å². The van der Waals surface area contributed by atoms with E-state index in [1.807, 2.05) is 11.4 Å². The zero-order valence-corrected chi connectivity index (χ0v) is 9.22. The minimum Gasteiger partial charge on any atom is -0.388 e. The largest absolute Gasteiger partial charge is 0.388 e. The quantitative estimate of drug-likeness (QED) is 0.834. The van der Waals surface area contributed by atoms with Gasteiger partial charge in [-0.05, 0) is 36.8 Å². The monoisotopic (exact) mass is 212 g/mol. The highest BCUT2D eigenvalue weighted by Gasteiger charge is 2.21. The SMILES string of the molecule is Cc1sccc1C(O)CC1CCCO1. The van der Waals surface area contributed by atoms with Gasteiger partial charge >= 0.3 is 0 Å². The highest BCUT2D eigenvalue weighted by molar-refractivity contribution is 7.10. The van der Waals surface area contributed by atoms with Crippen LogP contribution in [0.3, 0.4) is 0 Å². The first-order valence-electron chi connectivity index (χ1n) is 5.11. The average Bonchev–Trinajstić information content (AvgIpc) is 2.75. The Morgan fingerprint density at radius 1 is 1.71 bits per heavy atom. The summed E-state index contributed by atoms with van der Waals surface area (Å²) in [5.41, 5.74) is 1.07. The summed E-state index contributed by atoms with van der Waals surface area (Å²) in [6.45, 7) is 2.92. The molecule has 0 radical (unpaired) electrons. The van der Waals surface area contributed by atoms with Crippen LogP contribution in [0.25, 0.3) is 0 Å². The van der Waals surface area contributed by atoms with Crippen LogP contribution in [-0.4, -0.2) is 17.8 Å². The van der Waals surface area contributed by atoms with Crippen molar-refractivity contribution in [2.45, 2.75) is 38.4 Å². The van der Waals surface area contributed by atoms with Crippen LogP contribution in [0.1, 0.15) is 35.8 Å². The van der Waals surface area contributed by atoms with Crippen molar-refractivity contribution in [3.05, 3.63) is 21.9 Å². The fraction of sp³-hybridized carbons (Fsp3) is 0.636. The van der Waals surface area contributed by atoms with E-state index in [1.54, 1.807) is 11.3 Å². The standard InChI is InChI=1S/C11H16O2S/c1-8-10(4-6-14-8)11(12)7-9-3-2-5-13-9/h4,6,9,11-12H,2-3,5,7H2,1H3. The Balaban J connectivity index is 1.95. The average molecular weight is 212 g/mol. The van der Waals surface area contributed by atoms with Gasteiger partial charge in [-0.15, -0.1) is 11.3 Å². The van der Waals surface area contributed by atoms with Gasteiger partial charge in [0, 0.05) is 17.9 Å². The molecule has 1 aliphatic rings. The Morgan fingerprint density at radius 3 is 3.14 bits per heavy atom. The van der Waals surface area contributed by atoms with E-state index in [4.69, 9.17) is 4.74 Å². The summed E-state index contributed by atoms with van der Waals surface area (Å²) in [6, 6.07) is 2.01. The van der Waals surface area contributed by atoms with Gasteiger partial charge in [0.25, 0.3) is 0 Å². The van der Waals surface area contributed by atoms with Crippen LogP contribution in [0.15, 0.2) is 11.4 Å². The Hall–Kier alpha value is -0.380. The lowest BCUT2D eigenvalue weighted by molar-refractivity contribution is 0.0535. The van der Waals surface area contributed by atoms with Gasteiger partial charge in [-0.2, -0.15) is 0 Å². The maximum atomic E-state index is 9.98. The van der Waals surface area contributed by atoms with Crippen molar-refractivity contribution >= 4 is 11.3 Å². The first kappa shape index (κ1) is 10.1. The van der Waals surface area contributed by atoms with E-state index in [1.165, 1.54) is 4.88 Å². The summed E-state index contributed by atoms with van der Waals surface area (Å²) in [5, 5.41) is 12.0. The highest BCUT2D eigenvalue weighted by Crippen LogP contribution is 2.29. The van der Waals surface area contributed by atoms with Gasteiger partial charge < -0.3 is 9.84 Å². The first-order chi connectivity index (χ1) is 6.77. The molecule has 2 heterocycles. The van der Waals surface area contributed by atoms with Crippen molar-refractivity contribution in [2.24, 2.45) is 0 Å². The van der Waals surface area contributed by atoms with Crippen molar-refractivity contribution in [2.75, 3.05) is 6.61 Å². The van der Waals surface area contributed by atoms with Crippen LogP contribution in [0.5, 0.6) is 0 Å². The molecule has 1 saturated heterocycles. The molecule has 1 fully saturated rings. The highest BCUT2D eigenvalue weighted by atomic mass is 32.1. The molecule has 2 rings (SSSR count). The summed E-state index contributed by atoms with van der Waals surface area (Å²) in [4.78, 5) is 1.22. The molecule has 0 amide bonds. The smallest absolute Gasteiger partial charge is 0.0825 e. The fourth-order valence-corrected chi connectivity index (χ4v) is 2.71. The summed E-state index contributed by atoms with van der Waals surface area (Å²) in [6.07, 6.45) is 2.91. The molecular formula is C11H16O2S. The number of aliphatic hydroxyl groups excluding tert-OH is 1. The molecule has 0 saturated carbocycles. The van der Waals surface area contributed by atoms with Crippen molar-refractivity contribution in [3.63, 3.8) is 0 Å². The summed E-state index contributed by atoms with van der Waals surface area (Å²) in [7, 11) is 0. The van der Waals surface area contributed by atoms with Crippen molar-refractivity contribution in [1.29, 1.82) is 0 Å². The lowest BCUT2D eigenvalue weighted by Gasteiger charge is -2.15. The maximum absolute atomic E-state index is 9.98. The van der Waals surface area contributed by atoms with Gasteiger partial charge in [-0.25, -0.2) is 0 Å². The van der Waals surface area contributed by atoms with Crippen LogP contribution in [0.2, 0.25) is 0 Å². The molecule has 0 aromatic carbocycles. The van der Waals surface area contributed by atoms with Crippen LogP contribution in [0, 0.1) is 6.92 Å². The van der Waals surface area contributed by atoms with E-state index >= 15 is 0 Å². The van der Waals surface area contributed by atoms with E-state index < -0.39 is 0 Å². The van der Waals surface area contributed by atoms with Gasteiger partial charge in [0.05, 0.1) is 12.2 Å². The molecular weight excluding hydrogens is 196 g/mol. The van der Waals surface area contributed by atoms with E-state index in [0.29, 0.717) is 0 Å². The second-order valence-corrected chi connectivity index (χ2v) is 4.94.